The van der Waals surface area contributed by atoms with Crippen molar-refractivity contribution in [2.75, 3.05) is 5.06 Å². The zero-order chi connectivity index (χ0) is 27.1. The fraction of sp³-hybridized carbons (Fsp3) is 0.379. The van der Waals surface area contributed by atoms with E-state index in [0.29, 0.717) is 16.3 Å². The maximum absolute atomic E-state index is 12.7. The second-order valence-electron chi connectivity index (χ2n) is 10.3. The Labute approximate surface area is 231 Å². The van der Waals surface area contributed by atoms with Gasteiger partial charge in [0.25, 0.3) is 6.04 Å². The van der Waals surface area contributed by atoms with E-state index in [9.17, 15) is 10.1 Å². The lowest BCUT2D eigenvalue weighted by molar-refractivity contribution is -0.532. The van der Waals surface area contributed by atoms with Gasteiger partial charge < -0.3 is 18.9 Å². The van der Waals surface area contributed by atoms with E-state index in [4.69, 9.17) is 35.4 Å². The lowest BCUT2D eigenvalue weighted by atomic mass is 9.91. The molecule has 0 spiro atoms. The van der Waals surface area contributed by atoms with E-state index >= 15 is 0 Å². The van der Waals surface area contributed by atoms with Crippen LogP contribution in [0, 0.1) is 10.1 Å². The van der Waals surface area contributed by atoms with Gasteiger partial charge in [0.2, 0.25) is 0 Å². The molecule has 9 nitrogen and oxygen atoms in total. The van der Waals surface area contributed by atoms with E-state index in [1.165, 1.54) is 0 Å². The minimum absolute atomic E-state index is 0.279. The number of para-hydroxylation sites is 1. The minimum Gasteiger partial charge on any atom is -0.368 e. The van der Waals surface area contributed by atoms with Gasteiger partial charge in [-0.1, -0.05) is 72.3 Å². The third-order valence-corrected chi connectivity index (χ3v) is 7.51. The number of hydroxylamine groups is 1. The van der Waals surface area contributed by atoms with Crippen molar-refractivity contribution in [1.82, 2.24) is 0 Å². The predicted octanol–water partition coefficient (Wildman–Crippen LogP) is 5.31. The van der Waals surface area contributed by atoms with Gasteiger partial charge in [-0.05, 0) is 49.2 Å². The van der Waals surface area contributed by atoms with Gasteiger partial charge in [0.1, 0.15) is 18.3 Å². The van der Waals surface area contributed by atoms with Crippen LogP contribution in [-0.4, -0.2) is 47.4 Å². The molecule has 3 aliphatic rings. The monoisotopic (exact) mass is 552 g/mol. The molecule has 3 aliphatic heterocycles. The third-order valence-electron chi connectivity index (χ3n) is 7.26. The van der Waals surface area contributed by atoms with E-state index in [-0.39, 0.29) is 11.5 Å². The molecule has 7 atom stereocenters. The van der Waals surface area contributed by atoms with E-state index in [1.54, 1.807) is 29.3 Å². The normalized spacial score (nSPS) is 31.4. The summed E-state index contributed by atoms with van der Waals surface area (Å²) in [4.78, 5) is 18.8. The average Bonchev–Trinajstić information content (AvgIpc) is 3.56. The first kappa shape index (κ1) is 26.2. The highest BCUT2D eigenvalue weighted by molar-refractivity contribution is 6.30. The third kappa shape index (κ3) is 5.14. The van der Waals surface area contributed by atoms with Crippen molar-refractivity contribution >= 4 is 17.3 Å². The first-order valence-electron chi connectivity index (χ1n) is 12.9. The van der Waals surface area contributed by atoms with Crippen LogP contribution in [0.15, 0.2) is 84.9 Å². The molecule has 3 aromatic rings. The lowest BCUT2D eigenvalue weighted by Crippen LogP contribution is -2.53. The first-order valence-corrected chi connectivity index (χ1v) is 13.3. The summed E-state index contributed by atoms with van der Waals surface area (Å²) in [5, 5.41) is 14.9. The topological polar surface area (TPSA) is 92.5 Å². The van der Waals surface area contributed by atoms with Crippen LogP contribution in [0.5, 0.6) is 0 Å². The van der Waals surface area contributed by atoms with E-state index in [1.807, 2.05) is 74.5 Å². The van der Waals surface area contributed by atoms with E-state index in [2.05, 4.69) is 0 Å². The van der Waals surface area contributed by atoms with Crippen LogP contribution < -0.4 is 5.06 Å². The second-order valence-corrected chi connectivity index (χ2v) is 10.8. The summed E-state index contributed by atoms with van der Waals surface area (Å²) in [6.45, 7) is 3.90. The number of benzene rings is 3. The molecule has 204 valence electrons. The Morgan fingerprint density at radius 3 is 2.28 bits per heavy atom. The largest absolute Gasteiger partial charge is 0.368 e. The van der Waals surface area contributed by atoms with E-state index in [0.717, 1.165) is 5.56 Å². The smallest absolute Gasteiger partial charge is 0.270 e. The molecular weight excluding hydrogens is 524 g/mol. The van der Waals surface area contributed by atoms with Crippen molar-refractivity contribution in [3.05, 3.63) is 111 Å². The van der Waals surface area contributed by atoms with Crippen molar-refractivity contribution in [3.63, 3.8) is 0 Å². The predicted molar refractivity (Wildman–Crippen MR) is 142 cm³/mol. The van der Waals surface area contributed by atoms with Crippen LogP contribution in [0.3, 0.4) is 0 Å². The summed E-state index contributed by atoms with van der Waals surface area (Å²) in [7, 11) is 0. The summed E-state index contributed by atoms with van der Waals surface area (Å²) < 4.78 is 25.1. The molecule has 3 saturated heterocycles. The molecule has 0 aliphatic carbocycles. The van der Waals surface area contributed by atoms with Gasteiger partial charge in [-0.25, -0.2) is 5.06 Å². The zero-order valence-electron chi connectivity index (χ0n) is 21.5. The molecule has 3 fully saturated rings. The summed E-state index contributed by atoms with van der Waals surface area (Å²) in [5.74, 6) is -0.881. The Balaban J connectivity index is 1.39. The standard InChI is InChI=1S/C29H29ClN2O7/c1-29(2)37-27-26(35-17-18-9-5-3-6-10-18)25(36-28(27)38-29)22-23(32(33)34)24(19-13-15-20(30)16-14-19)39-31(22)21-11-7-4-8-12-21/h3-16,22-28H,17H2,1-2H3/t22-,23+,24-,25-,26+,27-,28-/m1/s1. The molecule has 3 heterocycles. The number of hydrogen-bond donors (Lipinski definition) is 0. The van der Waals surface area contributed by atoms with Crippen LogP contribution in [0.2, 0.25) is 5.02 Å². The summed E-state index contributed by atoms with van der Waals surface area (Å²) in [5.41, 5.74) is 2.26. The number of ether oxygens (including phenoxy) is 4. The maximum Gasteiger partial charge on any atom is 0.270 e. The summed E-state index contributed by atoms with van der Waals surface area (Å²) >= 11 is 6.11. The lowest BCUT2D eigenvalue weighted by Gasteiger charge is -2.33. The Morgan fingerprint density at radius 1 is 0.949 bits per heavy atom. The van der Waals surface area contributed by atoms with Gasteiger partial charge in [-0.2, -0.15) is 0 Å². The van der Waals surface area contributed by atoms with Crippen molar-refractivity contribution in [2.45, 2.75) is 69.0 Å². The van der Waals surface area contributed by atoms with Crippen LogP contribution in [0.25, 0.3) is 0 Å². The molecule has 39 heavy (non-hydrogen) atoms. The van der Waals surface area contributed by atoms with Crippen LogP contribution in [0.1, 0.15) is 31.1 Å². The molecule has 0 amide bonds. The van der Waals surface area contributed by atoms with Crippen LogP contribution >= 0.6 is 11.6 Å². The van der Waals surface area contributed by atoms with Crippen LogP contribution in [0.4, 0.5) is 5.69 Å². The number of anilines is 1. The van der Waals surface area contributed by atoms with Gasteiger partial charge in [0.05, 0.1) is 12.3 Å². The number of nitrogens with zero attached hydrogens (tertiary/aromatic N) is 2. The SMILES string of the molecule is CC1(C)O[C@H]2O[C@H]([C@H]3[C@H]([N+](=O)[O-])[C@@H](c4ccc(Cl)cc4)ON3c3ccccc3)[C@H](OCc3ccccc3)[C@H]2O1. The number of nitro groups is 1. The highest BCUT2D eigenvalue weighted by atomic mass is 35.5. The minimum atomic E-state index is -1.19. The van der Waals surface area contributed by atoms with E-state index < -0.39 is 48.6 Å². The zero-order valence-corrected chi connectivity index (χ0v) is 22.2. The van der Waals surface area contributed by atoms with Gasteiger partial charge in [0.15, 0.2) is 24.2 Å². The molecule has 0 aromatic heterocycles. The highest BCUT2D eigenvalue weighted by Crippen LogP contribution is 2.47. The maximum atomic E-state index is 12.7. The second kappa shape index (κ2) is 10.5. The molecule has 6 rings (SSSR count). The Hall–Kier alpha value is -3.05. The molecular formula is C29H29ClN2O7. The average molecular weight is 553 g/mol. The highest BCUT2D eigenvalue weighted by Gasteiger charge is 2.65. The fourth-order valence-electron chi connectivity index (χ4n) is 5.59. The Bertz CT molecular complexity index is 1290. The molecule has 0 radical (unpaired) electrons. The summed E-state index contributed by atoms with van der Waals surface area (Å²) in [6.07, 6.45) is -3.67. The molecule has 10 heteroatoms. The van der Waals surface area contributed by atoms with Gasteiger partial charge >= 0.3 is 0 Å². The van der Waals surface area contributed by atoms with Crippen molar-refractivity contribution < 1.29 is 28.7 Å². The van der Waals surface area contributed by atoms with Gasteiger partial charge in [-0.15, -0.1) is 0 Å². The molecule has 0 unspecified atom stereocenters. The number of halogens is 1. The first-order chi connectivity index (χ1) is 18.8. The van der Waals surface area contributed by atoms with Crippen molar-refractivity contribution in [2.24, 2.45) is 0 Å². The molecule has 3 aromatic carbocycles. The van der Waals surface area contributed by atoms with Crippen molar-refractivity contribution in [1.29, 1.82) is 0 Å². The number of fused-ring (bicyclic) bond motifs is 1. The van der Waals surface area contributed by atoms with Crippen molar-refractivity contribution in [3.8, 4) is 0 Å². The molecule has 0 saturated carbocycles. The van der Waals surface area contributed by atoms with Crippen LogP contribution in [-0.2, 0) is 30.4 Å². The number of hydrogen-bond acceptors (Lipinski definition) is 8. The Kier molecular flexibility index (Phi) is 7.05. The van der Waals surface area contributed by atoms with Gasteiger partial charge in [-0.3, -0.25) is 15.0 Å². The van der Waals surface area contributed by atoms with Gasteiger partial charge in [0, 0.05) is 9.95 Å². The molecule has 0 bridgehead atoms. The molecule has 0 N–H and O–H groups in total. The summed E-state index contributed by atoms with van der Waals surface area (Å²) in [6, 6.07) is 23.9. The Morgan fingerprint density at radius 2 is 1.62 bits per heavy atom. The number of rotatable bonds is 7. The fourth-order valence-corrected chi connectivity index (χ4v) is 5.72. The quantitative estimate of drug-likeness (QED) is 0.288.